The van der Waals surface area contributed by atoms with E-state index in [1.807, 2.05) is 6.08 Å². The van der Waals surface area contributed by atoms with Crippen LogP contribution >= 0.6 is 0 Å². The van der Waals surface area contributed by atoms with E-state index in [0.717, 1.165) is 25.7 Å². The molecule has 104 valence electrons. The van der Waals surface area contributed by atoms with Crippen LogP contribution in [0.15, 0.2) is 24.5 Å². The molecule has 2 rings (SSSR count). The van der Waals surface area contributed by atoms with E-state index in [1.165, 1.54) is 6.08 Å². The minimum Gasteiger partial charge on any atom is -0.494 e. The molecule has 2 amide bonds. The van der Waals surface area contributed by atoms with E-state index in [4.69, 9.17) is 10.5 Å². The van der Waals surface area contributed by atoms with Crippen LogP contribution in [0.2, 0.25) is 0 Å². The molecule has 5 nitrogen and oxygen atoms in total. The van der Waals surface area contributed by atoms with Gasteiger partial charge in [0, 0.05) is 12.5 Å². The fourth-order valence-electron chi connectivity index (χ4n) is 2.59. The normalized spacial score (nSPS) is 25.2. The van der Waals surface area contributed by atoms with Crippen LogP contribution in [0.25, 0.3) is 0 Å². The first kappa shape index (κ1) is 13.6. The minimum atomic E-state index is -0.867. The zero-order chi connectivity index (χ0) is 13.7. The molecule has 5 heteroatoms. The quantitative estimate of drug-likeness (QED) is 0.747. The van der Waals surface area contributed by atoms with Gasteiger partial charge in [0.15, 0.2) is 0 Å². The molecule has 0 aromatic rings. The Bertz CT molecular complexity index is 401. The summed E-state index contributed by atoms with van der Waals surface area (Å²) in [7, 11) is 0. The van der Waals surface area contributed by atoms with Gasteiger partial charge in [-0.15, -0.1) is 0 Å². The lowest BCUT2D eigenvalue weighted by atomic mass is 9.81. The summed E-state index contributed by atoms with van der Waals surface area (Å²) in [6, 6.07) is 0. The van der Waals surface area contributed by atoms with Crippen LogP contribution < -0.4 is 11.1 Å². The van der Waals surface area contributed by atoms with Crippen LogP contribution in [0.3, 0.4) is 0 Å². The first-order valence-corrected chi connectivity index (χ1v) is 6.73. The molecule has 1 aliphatic carbocycles. The number of carbonyl (C=O) groups excluding carboxylic acids is 2. The third kappa shape index (κ3) is 3.36. The Hall–Kier alpha value is -1.78. The van der Waals surface area contributed by atoms with Crippen molar-refractivity contribution in [3.8, 4) is 0 Å². The smallest absolute Gasteiger partial charge is 0.244 e. The number of nitrogens with two attached hydrogens (primary N) is 1. The van der Waals surface area contributed by atoms with E-state index in [9.17, 15) is 9.59 Å². The zero-order valence-electron chi connectivity index (χ0n) is 10.9. The Morgan fingerprint density at radius 3 is 2.63 bits per heavy atom. The number of ether oxygens (including phenoxy) is 1. The highest BCUT2D eigenvalue weighted by Crippen LogP contribution is 2.27. The van der Waals surface area contributed by atoms with Crippen LogP contribution in [-0.4, -0.2) is 23.5 Å². The number of nitrogens with one attached hydrogen (secondary N) is 1. The van der Waals surface area contributed by atoms with Gasteiger partial charge in [-0.3, -0.25) is 9.59 Å². The molecule has 0 radical (unpaired) electrons. The maximum Gasteiger partial charge on any atom is 0.244 e. The van der Waals surface area contributed by atoms with Crippen LogP contribution in [0.4, 0.5) is 0 Å². The molecule has 19 heavy (non-hydrogen) atoms. The van der Waals surface area contributed by atoms with Gasteiger partial charge < -0.3 is 15.8 Å². The van der Waals surface area contributed by atoms with E-state index in [2.05, 4.69) is 5.32 Å². The monoisotopic (exact) mass is 264 g/mol. The summed E-state index contributed by atoms with van der Waals surface area (Å²) in [6.07, 6.45) is 11.5. The number of carbonyl (C=O) groups is 2. The molecule has 1 unspecified atom stereocenters. The Labute approximate surface area is 112 Å². The molecule has 2 aliphatic rings. The lowest BCUT2D eigenvalue weighted by Gasteiger charge is -2.34. The van der Waals surface area contributed by atoms with Gasteiger partial charge >= 0.3 is 0 Å². The molecule has 0 aromatic carbocycles. The molecule has 0 aromatic heterocycles. The van der Waals surface area contributed by atoms with Crippen molar-refractivity contribution in [1.29, 1.82) is 0 Å². The van der Waals surface area contributed by atoms with Crippen LogP contribution in [-0.2, 0) is 14.3 Å². The Morgan fingerprint density at radius 2 is 2.05 bits per heavy atom. The van der Waals surface area contributed by atoms with Crippen molar-refractivity contribution < 1.29 is 14.3 Å². The molecule has 1 aliphatic heterocycles. The second kappa shape index (κ2) is 5.91. The summed E-state index contributed by atoms with van der Waals surface area (Å²) in [6.45, 7) is 0. The first-order chi connectivity index (χ1) is 9.12. The summed E-state index contributed by atoms with van der Waals surface area (Å²) in [5, 5.41) is 2.78. The van der Waals surface area contributed by atoms with Crippen molar-refractivity contribution in [2.24, 2.45) is 5.73 Å². The number of primary amides is 1. The van der Waals surface area contributed by atoms with E-state index in [0.29, 0.717) is 12.8 Å². The van der Waals surface area contributed by atoms with E-state index >= 15 is 0 Å². The van der Waals surface area contributed by atoms with Gasteiger partial charge in [0.1, 0.15) is 11.6 Å². The number of rotatable bonds is 4. The summed E-state index contributed by atoms with van der Waals surface area (Å²) in [5.74, 6) is -0.719. The molecule has 0 bridgehead atoms. The van der Waals surface area contributed by atoms with Gasteiger partial charge in [-0.25, -0.2) is 0 Å². The number of amides is 2. The topological polar surface area (TPSA) is 81.4 Å². The van der Waals surface area contributed by atoms with Crippen LogP contribution in [0, 0.1) is 0 Å². The molecular formula is C14H20N2O3. The molecule has 1 saturated carbocycles. The Morgan fingerprint density at radius 1 is 1.32 bits per heavy atom. The summed E-state index contributed by atoms with van der Waals surface area (Å²) < 4.78 is 5.23. The SMILES string of the molecule is NC(=O)C1(NC(=O)/C=C/C2CC=CO2)CCCCC1. The van der Waals surface area contributed by atoms with Crippen molar-refractivity contribution in [1.82, 2.24) is 5.32 Å². The molecule has 3 N–H and O–H groups in total. The van der Waals surface area contributed by atoms with Gasteiger partial charge in [0.2, 0.25) is 11.8 Å². The first-order valence-electron chi connectivity index (χ1n) is 6.73. The van der Waals surface area contributed by atoms with Gasteiger partial charge in [0.05, 0.1) is 6.26 Å². The maximum atomic E-state index is 11.9. The highest BCUT2D eigenvalue weighted by molar-refractivity contribution is 5.95. The second-order valence-electron chi connectivity index (χ2n) is 5.14. The third-order valence-corrected chi connectivity index (χ3v) is 3.72. The highest BCUT2D eigenvalue weighted by atomic mass is 16.5. The Kier molecular flexibility index (Phi) is 4.24. The Balaban J connectivity index is 1.93. The van der Waals surface area contributed by atoms with E-state index in [-0.39, 0.29) is 12.0 Å². The lowest BCUT2D eigenvalue weighted by Crippen LogP contribution is -2.58. The fraction of sp³-hybridized carbons (Fsp3) is 0.571. The van der Waals surface area contributed by atoms with Crippen molar-refractivity contribution in [3.05, 3.63) is 24.5 Å². The predicted octanol–water partition coefficient (Wildman–Crippen LogP) is 1.15. The van der Waals surface area contributed by atoms with Gasteiger partial charge in [0.25, 0.3) is 0 Å². The number of hydrogen-bond acceptors (Lipinski definition) is 3. The minimum absolute atomic E-state index is 0.0818. The number of hydrogen-bond donors (Lipinski definition) is 2. The predicted molar refractivity (Wildman–Crippen MR) is 70.9 cm³/mol. The third-order valence-electron chi connectivity index (χ3n) is 3.72. The van der Waals surface area contributed by atoms with Crippen LogP contribution in [0.1, 0.15) is 38.5 Å². The van der Waals surface area contributed by atoms with Gasteiger partial charge in [-0.2, -0.15) is 0 Å². The maximum absolute atomic E-state index is 11.9. The summed E-state index contributed by atoms with van der Waals surface area (Å²) in [5.41, 5.74) is 4.59. The van der Waals surface area contributed by atoms with E-state index in [1.54, 1.807) is 12.3 Å². The van der Waals surface area contributed by atoms with Crippen molar-refractivity contribution in [2.45, 2.75) is 50.2 Å². The zero-order valence-corrected chi connectivity index (χ0v) is 10.9. The highest BCUT2D eigenvalue weighted by Gasteiger charge is 2.38. The van der Waals surface area contributed by atoms with Gasteiger partial charge in [-0.05, 0) is 25.0 Å². The molecule has 0 saturated heterocycles. The van der Waals surface area contributed by atoms with Crippen molar-refractivity contribution >= 4 is 11.8 Å². The molecule has 1 fully saturated rings. The molecule has 1 heterocycles. The van der Waals surface area contributed by atoms with Gasteiger partial charge in [-0.1, -0.05) is 19.3 Å². The van der Waals surface area contributed by atoms with E-state index < -0.39 is 11.4 Å². The van der Waals surface area contributed by atoms with Crippen molar-refractivity contribution in [2.75, 3.05) is 0 Å². The molecule has 1 atom stereocenters. The van der Waals surface area contributed by atoms with Crippen molar-refractivity contribution in [3.63, 3.8) is 0 Å². The summed E-state index contributed by atoms with van der Waals surface area (Å²) in [4.78, 5) is 23.5. The average Bonchev–Trinajstić information content (AvgIpc) is 2.90. The second-order valence-corrected chi connectivity index (χ2v) is 5.14. The molecular weight excluding hydrogens is 244 g/mol. The fourth-order valence-corrected chi connectivity index (χ4v) is 2.59. The molecule has 0 spiro atoms. The lowest BCUT2D eigenvalue weighted by molar-refractivity contribution is -0.131. The largest absolute Gasteiger partial charge is 0.494 e. The van der Waals surface area contributed by atoms with Crippen LogP contribution in [0.5, 0.6) is 0 Å². The standard InChI is InChI=1S/C14H20N2O3/c15-13(18)14(8-2-1-3-9-14)16-12(17)7-6-11-5-4-10-19-11/h4,6-7,10-11H,1-3,5,8-9H2,(H2,15,18)(H,16,17)/b7-6+. The average molecular weight is 264 g/mol. The summed E-state index contributed by atoms with van der Waals surface area (Å²) >= 11 is 0.